The van der Waals surface area contributed by atoms with Gasteiger partial charge in [-0.15, -0.1) is 0 Å². The number of nitrogens with zero attached hydrogens (tertiary/aromatic N) is 1. The summed E-state index contributed by atoms with van der Waals surface area (Å²) >= 11 is 0. The van der Waals surface area contributed by atoms with Crippen molar-refractivity contribution < 1.29 is 13.6 Å². The van der Waals surface area contributed by atoms with E-state index in [0.29, 0.717) is 0 Å². The number of alkyl halides is 2. The Hall–Kier alpha value is -1.18. The van der Waals surface area contributed by atoms with E-state index in [4.69, 9.17) is 5.26 Å². The second kappa shape index (κ2) is 4.59. The lowest BCUT2D eigenvalue weighted by atomic mass is 9.86. The number of nitrogens with one attached hydrogen (secondary N) is 1. The molecule has 5 heteroatoms. The Morgan fingerprint density at radius 3 is 2.35 bits per heavy atom. The number of carbonyl (C=O) groups excluding carboxylic acids is 1. The van der Waals surface area contributed by atoms with Crippen LogP contribution in [0.25, 0.3) is 0 Å². The van der Waals surface area contributed by atoms with Crippen LogP contribution in [-0.2, 0) is 4.79 Å². The average molecular weight is 242 g/mol. The summed E-state index contributed by atoms with van der Waals surface area (Å²) in [6.45, 7) is 0. The Kier molecular flexibility index (Phi) is 3.32. The summed E-state index contributed by atoms with van der Waals surface area (Å²) in [5, 5.41) is 11.6. The van der Waals surface area contributed by atoms with Gasteiger partial charge >= 0.3 is 0 Å². The number of amides is 1. The smallest absolute Gasteiger partial charge is 0.248 e. The minimum atomic E-state index is -2.61. The summed E-state index contributed by atoms with van der Waals surface area (Å²) in [6, 6.07) is 1.64. The van der Waals surface area contributed by atoms with Gasteiger partial charge in [0.15, 0.2) is 0 Å². The Bertz CT molecular complexity index is 337. The van der Waals surface area contributed by atoms with Crippen molar-refractivity contribution in [3.8, 4) is 6.07 Å². The minimum absolute atomic E-state index is 0.217. The van der Waals surface area contributed by atoms with Crippen LogP contribution >= 0.6 is 0 Å². The molecule has 0 saturated heterocycles. The molecule has 1 N–H and O–H groups in total. The number of hydrogen-bond donors (Lipinski definition) is 1. The van der Waals surface area contributed by atoms with Crippen molar-refractivity contribution in [3.05, 3.63) is 0 Å². The van der Waals surface area contributed by atoms with Crippen molar-refractivity contribution in [1.82, 2.24) is 5.32 Å². The fourth-order valence-corrected chi connectivity index (χ4v) is 2.26. The second-order valence-electron chi connectivity index (χ2n) is 5.08. The number of nitriles is 1. The van der Waals surface area contributed by atoms with Gasteiger partial charge in [-0.2, -0.15) is 5.26 Å². The van der Waals surface area contributed by atoms with Crippen molar-refractivity contribution in [3.63, 3.8) is 0 Å². The third-order valence-electron chi connectivity index (χ3n) is 3.62. The number of hydrogen-bond acceptors (Lipinski definition) is 2. The summed E-state index contributed by atoms with van der Waals surface area (Å²) < 4.78 is 25.8. The highest BCUT2D eigenvalue weighted by Crippen LogP contribution is 2.37. The molecule has 0 aromatic heterocycles. The summed E-state index contributed by atoms with van der Waals surface area (Å²) in [5.41, 5.74) is 0. The molecule has 1 amide bonds. The van der Waals surface area contributed by atoms with Gasteiger partial charge in [0, 0.05) is 18.8 Å². The number of rotatable bonds is 3. The average Bonchev–Trinajstić information content (AvgIpc) is 3.09. The number of halogens is 2. The van der Waals surface area contributed by atoms with Gasteiger partial charge in [-0.1, -0.05) is 0 Å². The van der Waals surface area contributed by atoms with E-state index in [2.05, 4.69) is 11.4 Å². The Morgan fingerprint density at radius 2 is 1.88 bits per heavy atom. The molecule has 3 nitrogen and oxygen atoms in total. The van der Waals surface area contributed by atoms with E-state index >= 15 is 0 Å². The molecule has 17 heavy (non-hydrogen) atoms. The SMILES string of the molecule is N#CC(NC(=O)C1CCC(F)(F)CC1)C1CC1. The zero-order chi connectivity index (χ0) is 12.5. The maximum absolute atomic E-state index is 12.9. The van der Waals surface area contributed by atoms with E-state index in [1.165, 1.54) is 0 Å². The molecule has 2 rings (SSSR count). The predicted octanol–water partition coefficient (Wildman–Crippen LogP) is 2.23. The highest BCUT2D eigenvalue weighted by atomic mass is 19.3. The molecule has 94 valence electrons. The van der Waals surface area contributed by atoms with Crippen molar-refractivity contribution in [2.75, 3.05) is 0 Å². The highest BCUT2D eigenvalue weighted by Gasteiger charge is 2.39. The Labute approximate surface area is 99.2 Å². The van der Waals surface area contributed by atoms with Gasteiger partial charge in [-0.05, 0) is 31.6 Å². The van der Waals surface area contributed by atoms with Gasteiger partial charge in [-0.25, -0.2) is 8.78 Å². The zero-order valence-electron chi connectivity index (χ0n) is 9.59. The van der Waals surface area contributed by atoms with E-state index in [9.17, 15) is 13.6 Å². The van der Waals surface area contributed by atoms with Crippen molar-refractivity contribution in [2.45, 2.75) is 50.5 Å². The molecule has 2 fully saturated rings. The molecule has 0 heterocycles. The largest absolute Gasteiger partial charge is 0.340 e. The first-order valence-electron chi connectivity index (χ1n) is 6.10. The minimum Gasteiger partial charge on any atom is -0.340 e. The molecule has 0 aromatic carbocycles. The lowest BCUT2D eigenvalue weighted by Gasteiger charge is -2.28. The zero-order valence-corrected chi connectivity index (χ0v) is 9.59. The topological polar surface area (TPSA) is 52.9 Å². The predicted molar refractivity (Wildman–Crippen MR) is 57.2 cm³/mol. The molecule has 0 radical (unpaired) electrons. The third-order valence-corrected chi connectivity index (χ3v) is 3.62. The first kappa shape index (κ1) is 12.3. The summed E-state index contributed by atoms with van der Waals surface area (Å²) in [4.78, 5) is 11.8. The van der Waals surface area contributed by atoms with Crippen LogP contribution in [0.2, 0.25) is 0 Å². The highest BCUT2D eigenvalue weighted by molar-refractivity contribution is 5.79. The van der Waals surface area contributed by atoms with Gasteiger partial charge < -0.3 is 5.32 Å². The molecule has 0 bridgehead atoms. The van der Waals surface area contributed by atoms with Gasteiger partial charge in [0.1, 0.15) is 6.04 Å². The van der Waals surface area contributed by atoms with Crippen LogP contribution in [0.3, 0.4) is 0 Å². The van der Waals surface area contributed by atoms with Crippen molar-refractivity contribution >= 4 is 5.91 Å². The molecule has 0 spiro atoms. The lowest BCUT2D eigenvalue weighted by Crippen LogP contribution is -2.41. The molecule has 1 atom stereocenters. The molecule has 0 aromatic rings. The molecule has 2 saturated carbocycles. The molecule has 1 unspecified atom stereocenters. The van der Waals surface area contributed by atoms with Crippen LogP contribution in [0.15, 0.2) is 0 Å². The maximum atomic E-state index is 12.9. The summed E-state index contributed by atoms with van der Waals surface area (Å²) in [7, 11) is 0. The van der Waals surface area contributed by atoms with E-state index in [1.54, 1.807) is 0 Å². The van der Waals surface area contributed by atoms with Crippen LogP contribution in [0, 0.1) is 23.2 Å². The standard InChI is InChI=1S/C12H16F2N2O/c13-12(14)5-3-9(4-6-12)11(17)16-10(7-15)8-1-2-8/h8-10H,1-6H2,(H,16,17). The summed E-state index contributed by atoms with van der Waals surface area (Å²) in [5.74, 6) is -2.90. The van der Waals surface area contributed by atoms with E-state index in [-0.39, 0.29) is 43.4 Å². The van der Waals surface area contributed by atoms with Crippen LogP contribution in [0.4, 0.5) is 8.78 Å². The van der Waals surface area contributed by atoms with Crippen molar-refractivity contribution in [2.24, 2.45) is 11.8 Å². The second-order valence-corrected chi connectivity index (χ2v) is 5.08. The molecular formula is C12H16F2N2O. The molecule has 2 aliphatic carbocycles. The van der Waals surface area contributed by atoms with Crippen LogP contribution < -0.4 is 5.32 Å². The fraction of sp³-hybridized carbons (Fsp3) is 0.833. The van der Waals surface area contributed by atoms with Gasteiger partial charge in [0.25, 0.3) is 0 Å². The van der Waals surface area contributed by atoms with E-state index in [0.717, 1.165) is 12.8 Å². The quantitative estimate of drug-likeness (QED) is 0.825. The van der Waals surface area contributed by atoms with Gasteiger partial charge in [-0.3, -0.25) is 4.79 Å². The van der Waals surface area contributed by atoms with E-state index < -0.39 is 12.0 Å². The van der Waals surface area contributed by atoms with Crippen LogP contribution in [-0.4, -0.2) is 17.9 Å². The van der Waals surface area contributed by atoms with Gasteiger partial charge in [0.05, 0.1) is 6.07 Å². The first-order chi connectivity index (χ1) is 8.02. The van der Waals surface area contributed by atoms with Crippen molar-refractivity contribution in [1.29, 1.82) is 5.26 Å². The Balaban J connectivity index is 1.82. The molecule has 2 aliphatic rings. The Morgan fingerprint density at radius 1 is 1.29 bits per heavy atom. The van der Waals surface area contributed by atoms with E-state index in [1.807, 2.05) is 0 Å². The fourth-order valence-electron chi connectivity index (χ4n) is 2.26. The molecular weight excluding hydrogens is 226 g/mol. The van der Waals surface area contributed by atoms with Crippen LogP contribution in [0.5, 0.6) is 0 Å². The van der Waals surface area contributed by atoms with Crippen LogP contribution in [0.1, 0.15) is 38.5 Å². The normalized spacial score (nSPS) is 25.9. The first-order valence-corrected chi connectivity index (χ1v) is 6.10. The number of carbonyl (C=O) groups is 1. The molecule has 0 aliphatic heterocycles. The lowest BCUT2D eigenvalue weighted by molar-refractivity contribution is -0.129. The summed E-state index contributed by atoms with van der Waals surface area (Å²) in [6.07, 6.45) is 1.96. The maximum Gasteiger partial charge on any atom is 0.248 e. The van der Waals surface area contributed by atoms with Gasteiger partial charge in [0.2, 0.25) is 11.8 Å². The third kappa shape index (κ3) is 3.15. The monoisotopic (exact) mass is 242 g/mol.